The van der Waals surface area contributed by atoms with Crippen LogP contribution in [0.3, 0.4) is 0 Å². The van der Waals surface area contributed by atoms with Gasteiger partial charge in [-0.2, -0.15) is 15.6 Å². The molecule has 2 N–H and O–H groups in total. The molecular weight excluding hydrogens is 914 g/mol. The summed E-state index contributed by atoms with van der Waals surface area (Å²) in [6, 6.07) is 19.4. The number of ether oxygens (including phenoxy) is 4. The van der Waals surface area contributed by atoms with E-state index in [2.05, 4.69) is 29.1 Å². The maximum atomic E-state index is 14.9. The number of para-hydroxylation sites is 1. The normalized spacial score (nSPS) is 21.1. The largest absolute Gasteiger partial charge is 0.530 e. The molecule has 2 aromatic carbocycles. The Morgan fingerprint density at radius 1 is 0.851 bits per heavy atom. The van der Waals surface area contributed by atoms with Gasteiger partial charge in [0.05, 0.1) is 41.7 Å². The molecule has 2 aliphatic heterocycles. The Labute approximate surface area is 406 Å². The highest BCUT2D eigenvalue weighted by molar-refractivity contribution is 7.49. The number of nitriles is 2. The van der Waals surface area contributed by atoms with E-state index in [1.54, 1.807) is 73.0 Å². The third-order valence-electron chi connectivity index (χ3n) is 12.3. The number of anilines is 1. The summed E-state index contributed by atoms with van der Waals surface area (Å²) < 4.78 is 60.3. The SMILES string of the molecule is CCCCCCCCCCCCCCCCCCC[C@H](COP(=O)(OC[C@@]1(C#N)O[C@@H](c2ccc3c(N)ncnn23)C2OC(C)(C)O[C@@H]21)Oc1ccccc1Cl)OCc1cc(Cl)cc(C#N)c1. The molecule has 0 spiro atoms. The molecular formula is C50H67Cl2N6O8P. The smallest absolute Gasteiger partial charge is 0.402 e. The number of fused-ring (bicyclic) bond motifs is 2. The van der Waals surface area contributed by atoms with Gasteiger partial charge in [0, 0.05) is 5.02 Å². The molecule has 0 radical (unpaired) electrons. The van der Waals surface area contributed by atoms with Gasteiger partial charge < -0.3 is 29.2 Å². The molecule has 17 heteroatoms. The van der Waals surface area contributed by atoms with Crippen molar-refractivity contribution in [2.75, 3.05) is 18.9 Å². The third-order valence-corrected chi connectivity index (χ3v) is 14.2. The van der Waals surface area contributed by atoms with Crippen LogP contribution in [-0.4, -0.2) is 57.5 Å². The van der Waals surface area contributed by atoms with E-state index in [1.807, 2.05) is 0 Å². The lowest BCUT2D eigenvalue weighted by molar-refractivity contribution is -0.204. The maximum Gasteiger partial charge on any atom is 0.530 e. The number of nitrogens with two attached hydrogens (primary N) is 1. The van der Waals surface area contributed by atoms with Crippen LogP contribution in [0.25, 0.3) is 5.52 Å². The van der Waals surface area contributed by atoms with E-state index in [9.17, 15) is 15.1 Å². The monoisotopic (exact) mass is 980 g/mol. The van der Waals surface area contributed by atoms with Crippen molar-refractivity contribution in [3.63, 3.8) is 0 Å². The number of nitrogens with zero attached hydrogens (tertiary/aromatic N) is 5. The lowest BCUT2D eigenvalue weighted by Crippen LogP contribution is -2.46. The number of aromatic nitrogens is 3. The van der Waals surface area contributed by atoms with E-state index < -0.39 is 50.2 Å². The topological polar surface area (TPSA) is 185 Å². The number of unbranched alkanes of at least 4 members (excludes halogenated alkanes) is 16. The zero-order valence-electron chi connectivity index (χ0n) is 39.2. The minimum Gasteiger partial charge on any atom is -0.402 e. The highest BCUT2D eigenvalue weighted by Gasteiger charge is 2.65. The van der Waals surface area contributed by atoms with Gasteiger partial charge in [0.25, 0.3) is 0 Å². The van der Waals surface area contributed by atoms with Gasteiger partial charge in [-0.3, -0.25) is 9.05 Å². The van der Waals surface area contributed by atoms with Crippen LogP contribution >= 0.6 is 31.0 Å². The summed E-state index contributed by atoms with van der Waals surface area (Å²) in [5.74, 6) is -0.798. The number of nitrogen functional groups attached to an aromatic ring is 1. The van der Waals surface area contributed by atoms with E-state index in [0.29, 0.717) is 33.8 Å². The molecule has 14 nitrogen and oxygen atoms in total. The summed E-state index contributed by atoms with van der Waals surface area (Å²) in [5.41, 5.74) is 6.47. The van der Waals surface area contributed by atoms with Gasteiger partial charge >= 0.3 is 7.82 Å². The zero-order valence-corrected chi connectivity index (χ0v) is 41.6. The summed E-state index contributed by atoms with van der Waals surface area (Å²) in [6.07, 6.45) is 20.0. The number of hydrogen-bond acceptors (Lipinski definition) is 13. The average molecular weight is 982 g/mol. The van der Waals surface area contributed by atoms with Crippen LogP contribution in [0, 0.1) is 22.7 Å². The second-order valence-electron chi connectivity index (χ2n) is 18.1. The predicted octanol–water partition coefficient (Wildman–Crippen LogP) is 13.2. The Bertz CT molecular complexity index is 2320. The standard InChI is InChI=1S/C50H67Cl2N6O8P/c1-4-5-6-7-8-9-10-11-12-13-14-15-16-17-18-19-20-23-40(60-32-38-28-37(31-53)29-39(51)30-38)33-61-67(59,66-44-25-22-21-24-41(44)52)62-35-50(34-54)47-46(63-49(2,3)65-47)45(64-50)42-26-27-43-48(55)56-36-57-58(42)43/h21-22,24-30,36,40,45-47H,4-20,23,32-33,35H2,1-3H3,(H2,55,56,57)/t40-,45+,46?,47+,50-,67?/m1/s1. The summed E-state index contributed by atoms with van der Waals surface area (Å²) >= 11 is 12.8. The van der Waals surface area contributed by atoms with Crippen LogP contribution in [0.2, 0.25) is 10.0 Å². The van der Waals surface area contributed by atoms with Crippen LogP contribution in [-0.2, 0) is 39.2 Å². The van der Waals surface area contributed by atoms with Crippen molar-refractivity contribution in [2.24, 2.45) is 0 Å². The molecule has 0 amide bonds. The Hall–Kier alpha value is -3.79. The first-order valence-electron chi connectivity index (χ1n) is 24.1. The average Bonchev–Trinajstić information content (AvgIpc) is 3.98. The lowest BCUT2D eigenvalue weighted by atomic mass is 9.96. The van der Waals surface area contributed by atoms with Crippen molar-refractivity contribution in [3.05, 3.63) is 87.8 Å². The number of phosphoric acid groups is 1. The molecule has 6 atom stereocenters. The first kappa shape index (κ1) is 52.6. The minimum absolute atomic E-state index is 0.0497. The fourth-order valence-corrected chi connectivity index (χ4v) is 10.6. The molecule has 2 unspecified atom stereocenters. The van der Waals surface area contributed by atoms with Crippen LogP contribution in [0.15, 0.2) is 60.9 Å². The molecule has 67 heavy (non-hydrogen) atoms. The fraction of sp³-hybridized carbons (Fsp3) is 0.600. The van der Waals surface area contributed by atoms with Crippen LogP contribution in [0.4, 0.5) is 5.82 Å². The van der Waals surface area contributed by atoms with E-state index in [0.717, 1.165) is 25.7 Å². The fourth-order valence-electron chi connectivity index (χ4n) is 8.79. The second-order valence-corrected chi connectivity index (χ2v) is 20.6. The lowest BCUT2D eigenvalue weighted by Gasteiger charge is -2.30. The van der Waals surface area contributed by atoms with Gasteiger partial charge in [0.2, 0.25) is 5.60 Å². The summed E-state index contributed by atoms with van der Waals surface area (Å²) in [4.78, 5) is 4.08. The molecule has 2 aromatic heterocycles. The van der Waals surface area contributed by atoms with E-state index in [4.69, 9.17) is 61.5 Å². The Kier molecular flexibility index (Phi) is 20.2. The van der Waals surface area contributed by atoms with E-state index >= 15 is 0 Å². The molecule has 4 heterocycles. The van der Waals surface area contributed by atoms with Crippen LogP contribution in [0.1, 0.15) is 159 Å². The molecule has 6 rings (SSSR count). The molecule has 0 saturated carbocycles. The molecule has 364 valence electrons. The third kappa shape index (κ3) is 15.1. The van der Waals surface area contributed by atoms with Gasteiger partial charge in [-0.25, -0.2) is 14.1 Å². The molecule has 0 bridgehead atoms. The maximum absolute atomic E-state index is 14.9. The van der Waals surface area contributed by atoms with Gasteiger partial charge in [-0.05, 0) is 68.3 Å². The number of benzene rings is 2. The van der Waals surface area contributed by atoms with Crippen molar-refractivity contribution in [1.82, 2.24) is 14.6 Å². The van der Waals surface area contributed by atoms with Gasteiger partial charge in [-0.15, -0.1) is 0 Å². The van der Waals surface area contributed by atoms with Crippen molar-refractivity contribution in [3.8, 4) is 17.9 Å². The van der Waals surface area contributed by atoms with Crippen LogP contribution < -0.4 is 10.3 Å². The summed E-state index contributed by atoms with van der Waals surface area (Å²) in [5, 5.41) is 25.4. The molecule has 2 fully saturated rings. The van der Waals surface area contributed by atoms with Gasteiger partial charge in [-0.1, -0.05) is 151 Å². The van der Waals surface area contributed by atoms with Crippen molar-refractivity contribution < 1.29 is 37.1 Å². The number of rotatable bonds is 30. The first-order valence-corrected chi connectivity index (χ1v) is 26.3. The van der Waals surface area contributed by atoms with Gasteiger partial charge in [0.15, 0.2) is 11.6 Å². The first-order chi connectivity index (χ1) is 32.4. The van der Waals surface area contributed by atoms with Crippen molar-refractivity contribution in [1.29, 1.82) is 10.5 Å². The number of phosphoric ester groups is 1. The summed E-state index contributed by atoms with van der Waals surface area (Å²) in [7, 11) is -4.62. The zero-order chi connectivity index (χ0) is 47.7. The molecule has 2 aliphatic rings. The van der Waals surface area contributed by atoms with Crippen molar-refractivity contribution >= 4 is 42.4 Å². The molecule has 4 aromatic rings. The van der Waals surface area contributed by atoms with E-state index in [-0.39, 0.29) is 29.8 Å². The summed E-state index contributed by atoms with van der Waals surface area (Å²) in [6.45, 7) is 5.05. The molecule has 0 aliphatic carbocycles. The number of halogens is 2. The Morgan fingerprint density at radius 3 is 2.15 bits per heavy atom. The highest BCUT2D eigenvalue weighted by atomic mass is 35.5. The van der Waals surface area contributed by atoms with Crippen LogP contribution in [0.5, 0.6) is 5.75 Å². The highest BCUT2D eigenvalue weighted by Crippen LogP contribution is 2.55. The number of hydrogen-bond donors (Lipinski definition) is 1. The predicted molar refractivity (Wildman–Crippen MR) is 259 cm³/mol. The van der Waals surface area contributed by atoms with E-state index in [1.165, 1.54) is 89.8 Å². The second kappa shape index (κ2) is 25.7. The van der Waals surface area contributed by atoms with Gasteiger partial charge in [0.1, 0.15) is 48.6 Å². The minimum atomic E-state index is -4.62. The quantitative estimate of drug-likeness (QED) is 0.0385. The van der Waals surface area contributed by atoms with Crippen molar-refractivity contribution in [2.45, 2.75) is 179 Å². The Balaban J connectivity index is 1.09. The molecule has 2 saturated heterocycles. The Morgan fingerprint density at radius 2 is 1.51 bits per heavy atom.